The van der Waals surface area contributed by atoms with E-state index in [0.717, 1.165) is 31.9 Å². The molecule has 0 unspecified atom stereocenters. The van der Waals surface area contributed by atoms with Crippen molar-refractivity contribution in [2.45, 2.75) is 18.8 Å². The molecular formula is C14H19N5O. The Balaban J connectivity index is 1.66. The van der Waals surface area contributed by atoms with Crippen LogP contribution in [0.5, 0.6) is 5.88 Å². The van der Waals surface area contributed by atoms with Crippen LogP contribution < -0.4 is 9.64 Å². The largest absolute Gasteiger partial charge is 0.481 e. The van der Waals surface area contributed by atoms with E-state index in [-0.39, 0.29) is 0 Å². The number of hydrogen-bond donors (Lipinski definition) is 0. The summed E-state index contributed by atoms with van der Waals surface area (Å²) >= 11 is 0. The highest BCUT2D eigenvalue weighted by molar-refractivity contribution is 5.33. The molecule has 106 valence electrons. The molecule has 3 rings (SSSR count). The Morgan fingerprint density at radius 3 is 2.75 bits per heavy atom. The van der Waals surface area contributed by atoms with Gasteiger partial charge in [-0.3, -0.25) is 4.68 Å². The maximum atomic E-state index is 5.15. The van der Waals surface area contributed by atoms with Gasteiger partial charge in [0.15, 0.2) is 0 Å². The molecule has 3 heterocycles. The van der Waals surface area contributed by atoms with Gasteiger partial charge in [0, 0.05) is 38.6 Å². The van der Waals surface area contributed by atoms with Gasteiger partial charge in [-0.2, -0.15) is 10.1 Å². The third-order valence-electron chi connectivity index (χ3n) is 3.80. The Morgan fingerprint density at radius 2 is 2.10 bits per heavy atom. The second-order valence-electron chi connectivity index (χ2n) is 5.11. The monoisotopic (exact) mass is 273 g/mol. The van der Waals surface area contributed by atoms with Crippen LogP contribution in [0.3, 0.4) is 0 Å². The van der Waals surface area contributed by atoms with Crippen LogP contribution >= 0.6 is 0 Å². The number of aromatic nitrogens is 4. The Kier molecular flexibility index (Phi) is 3.54. The van der Waals surface area contributed by atoms with Crippen LogP contribution in [-0.2, 0) is 7.05 Å². The average molecular weight is 273 g/mol. The Morgan fingerprint density at radius 1 is 1.30 bits per heavy atom. The smallest absolute Gasteiger partial charge is 0.228 e. The molecule has 0 aliphatic carbocycles. The zero-order valence-corrected chi connectivity index (χ0v) is 11.9. The van der Waals surface area contributed by atoms with Gasteiger partial charge in [0.1, 0.15) is 0 Å². The highest BCUT2D eigenvalue weighted by atomic mass is 16.5. The fourth-order valence-corrected chi connectivity index (χ4v) is 2.66. The number of methoxy groups -OCH3 is 1. The summed E-state index contributed by atoms with van der Waals surface area (Å²) in [6, 6.07) is 1.77. The van der Waals surface area contributed by atoms with E-state index in [0.29, 0.717) is 11.8 Å². The maximum Gasteiger partial charge on any atom is 0.228 e. The lowest BCUT2D eigenvalue weighted by molar-refractivity contribution is 0.395. The molecule has 0 atom stereocenters. The molecule has 20 heavy (non-hydrogen) atoms. The summed E-state index contributed by atoms with van der Waals surface area (Å²) in [5.74, 6) is 1.96. The number of anilines is 1. The molecule has 2 aromatic heterocycles. The fraction of sp³-hybridized carbons (Fsp3) is 0.500. The van der Waals surface area contributed by atoms with Crippen molar-refractivity contribution in [2.75, 3.05) is 25.1 Å². The van der Waals surface area contributed by atoms with E-state index < -0.39 is 0 Å². The van der Waals surface area contributed by atoms with Crippen molar-refractivity contribution in [2.24, 2.45) is 7.05 Å². The molecule has 1 fully saturated rings. The summed E-state index contributed by atoms with van der Waals surface area (Å²) in [4.78, 5) is 10.9. The molecule has 2 aromatic rings. The van der Waals surface area contributed by atoms with E-state index in [4.69, 9.17) is 4.74 Å². The van der Waals surface area contributed by atoms with Crippen molar-refractivity contribution in [1.82, 2.24) is 19.7 Å². The highest BCUT2D eigenvalue weighted by Gasteiger charge is 2.23. The van der Waals surface area contributed by atoms with E-state index in [2.05, 4.69) is 26.2 Å². The van der Waals surface area contributed by atoms with Gasteiger partial charge in [0.05, 0.1) is 13.3 Å². The standard InChI is InChI=1S/C14H19N5O/c1-18-10-12(9-16-18)11-4-7-19(8-5-11)14-15-6-3-13(17-14)20-2/h3,6,9-11H,4-5,7-8H2,1-2H3. The number of aryl methyl sites for hydroxylation is 1. The molecule has 0 bridgehead atoms. The molecule has 0 amide bonds. The minimum Gasteiger partial charge on any atom is -0.481 e. The first-order valence-electron chi connectivity index (χ1n) is 6.87. The summed E-state index contributed by atoms with van der Waals surface area (Å²) in [6.45, 7) is 1.93. The zero-order valence-electron chi connectivity index (χ0n) is 11.9. The number of ether oxygens (including phenoxy) is 1. The predicted molar refractivity (Wildman–Crippen MR) is 76.0 cm³/mol. The lowest BCUT2D eigenvalue weighted by atomic mass is 9.92. The van der Waals surface area contributed by atoms with E-state index in [1.165, 1.54) is 5.56 Å². The van der Waals surface area contributed by atoms with Crippen molar-refractivity contribution in [3.8, 4) is 5.88 Å². The van der Waals surface area contributed by atoms with Crippen LogP contribution in [0.4, 0.5) is 5.95 Å². The second-order valence-corrected chi connectivity index (χ2v) is 5.11. The molecule has 0 spiro atoms. The van der Waals surface area contributed by atoms with Gasteiger partial charge in [0.25, 0.3) is 0 Å². The summed E-state index contributed by atoms with van der Waals surface area (Å²) < 4.78 is 7.02. The van der Waals surface area contributed by atoms with E-state index >= 15 is 0 Å². The maximum absolute atomic E-state index is 5.15. The van der Waals surface area contributed by atoms with Gasteiger partial charge in [0.2, 0.25) is 11.8 Å². The molecule has 6 heteroatoms. The van der Waals surface area contributed by atoms with Gasteiger partial charge < -0.3 is 9.64 Å². The van der Waals surface area contributed by atoms with Crippen LogP contribution in [0.25, 0.3) is 0 Å². The molecule has 0 N–H and O–H groups in total. The quantitative estimate of drug-likeness (QED) is 0.850. The molecular weight excluding hydrogens is 254 g/mol. The molecule has 1 aliphatic heterocycles. The first-order chi connectivity index (χ1) is 9.76. The van der Waals surface area contributed by atoms with E-state index in [1.807, 2.05) is 17.9 Å². The minimum atomic E-state index is 0.588. The van der Waals surface area contributed by atoms with Crippen molar-refractivity contribution in [3.05, 3.63) is 30.2 Å². The summed E-state index contributed by atoms with van der Waals surface area (Å²) in [7, 11) is 3.59. The van der Waals surface area contributed by atoms with Crippen LogP contribution in [0.15, 0.2) is 24.7 Å². The van der Waals surface area contributed by atoms with Crippen LogP contribution in [0, 0.1) is 0 Å². The molecule has 1 aliphatic rings. The van der Waals surface area contributed by atoms with E-state index in [1.54, 1.807) is 19.4 Å². The van der Waals surface area contributed by atoms with Crippen molar-refractivity contribution in [1.29, 1.82) is 0 Å². The summed E-state index contributed by atoms with van der Waals surface area (Å²) in [5, 5.41) is 4.25. The Labute approximate surface area is 118 Å². The van der Waals surface area contributed by atoms with Crippen LogP contribution in [0.1, 0.15) is 24.3 Å². The van der Waals surface area contributed by atoms with Crippen molar-refractivity contribution < 1.29 is 4.74 Å². The van der Waals surface area contributed by atoms with Crippen molar-refractivity contribution in [3.63, 3.8) is 0 Å². The van der Waals surface area contributed by atoms with Crippen molar-refractivity contribution >= 4 is 5.95 Å². The van der Waals surface area contributed by atoms with Gasteiger partial charge >= 0.3 is 0 Å². The first kappa shape index (κ1) is 12.9. The highest BCUT2D eigenvalue weighted by Crippen LogP contribution is 2.29. The van der Waals surface area contributed by atoms with Gasteiger partial charge in [-0.15, -0.1) is 0 Å². The SMILES string of the molecule is COc1ccnc(N2CCC(c3cnn(C)c3)CC2)n1. The lowest BCUT2D eigenvalue weighted by Crippen LogP contribution is -2.34. The third-order valence-corrected chi connectivity index (χ3v) is 3.80. The van der Waals surface area contributed by atoms with Gasteiger partial charge in [-0.25, -0.2) is 4.98 Å². The summed E-state index contributed by atoms with van der Waals surface area (Å²) in [6.07, 6.45) is 8.04. The van der Waals surface area contributed by atoms with E-state index in [9.17, 15) is 0 Å². The Bertz CT molecular complexity index is 574. The number of piperidine rings is 1. The third kappa shape index (κ3) is 2.59. The molecule has 0 radical (unpaired) electrons. The number of nitrogens with zero attached hydrogens (tertiary/aromatic N) is 5. The average Bonchev–Trinajstić information content (AvgIpc) is 2.94. The lowest BCUT2D eigenvalue weighted by Gasteiger charge is -2.31. The normalized spacial score (nSPS) is 16.4. The van der Waals surface area contributed by atoms with Gasteiger partial charge in [-0.05, 0) is 24.3 Å². The molecule has 0 aromatic carbocycles. The van der Waals surface area contributed by atoms with Crippen LogP contribution in [0.2, 0.25) is 0 Å². The van der Waals surface area contributed by atoms with Crippen LogP contribution in [-0.4, -0.2) is 39.9 Å². The van der Waals surface area contributed by atoms with Gasteiger partial charge in [-0.1, -0.05) is 0 Å². The molecule has 6 nitrogen and oxygen atoms in total. The second kappa shape index (κ2) is 5.48. The minimum absolute atomic E-state index is 0.588. The Hall–Kier alpha value is -2.11. The molecule has 0 saturated carbocycles. The fourth-order valence-electron chi connectivity index (χ4n) is 2.66. The zero-order chi connectivity index (χ0) is 13.9. The molecule has 1 saturated heterocycles. The topological polar surface area (TPSA) is 56.1 Å². The summed E-state index contributed by atoms with van der Waals surface area (Å²) in [5.41, 5.74) is 1.33. The number of hydrogen-bond acceptors (Lipinski definition) is 5. The first-order valence-corrected chi connectivity index (χ1v) is 6.87. The number of rotatable bonds is 3. The predicted octanol–water partition coefficient (Wildman–Crippen LogP) is 1.60.